The van der Waals surface area contributed by atoms with Crippen molar-refractivity contribution in [3.63, 3.8) is 0 Å². The van der Waals surface area contributed by atoms with Gasteiger partial charge >= 0.3 is 6.03 Å². The van der Waals surface area contributed by atoms with E-state index in [9.17, 15) is 4.79 Å². The summed E-state index contributed by atoms with van der Waals surface area (Å²) in [6.07, 6.45) is 2.11. The summed E-state index contributed by atoms with van der Waals surface area (Å²) in [7, 11) is 0. The van der Waals surface area contributed by atoms with Crippen molar-refractivity contribution in [2.45, 2.75) is 24.9 Å². The fourth-order valence-electron chi connectivity index (χ4n) is 2.90. The van der Waals surface area contributed by atoms with E-state index in [0.29, 0.717) is 15.7 Å². The highest BCUT2D eigenvalue weighted by Crippen LogP contribution is 2.32. The average Bonchev–Trinajstić information content (AvgIpc) is 2.64. The SMILES string of the molecule is O=C(Nc1c(Cl)cccc1Cl)N1C2CCC1CNC2. The summed E-state index contributed by atoms with van der Waals surface area (Å²) >= 11 is 12.1. The molecule has 2 aliphatic rings. The lowest BCUT2D eigenvalue weighted by molar-refractivity contribution is 0.167. The smallest absolute Gasteiger partial charge is 0.316 e. The van der Waals surface area contributed by atoms with Gasteiger partial charge in [0.15, 0.2) is 0 Å². The number of benzene rings is 1. The molecule has 2 saturated heterocycles. The Kier molecular flexibility index (Phi) is 3.56. The van der Waals surface area contributed by atoms with Gasteiger partial charge in [-0.25, -0.2) is 4.79 Å². The zero-order valence-corrected chi connectivity index (χ0v) is 11.8. The van der Waals surface area contributed by atoms with E-state index in [1.54, 1.807) is 18.2 Å². The van der Waals surface area contributed by atoms with Crippen molar-refractivity contribution < 1.29 is 4.79 Å². The lowest BCUT2D eigenvalue weighted by Gasteiger charge is -2.35. The van der Waals surface area contributed by atoms with E-state index >= 15 is 0 Å². The van der Waals surface area contributed by atoms with Crippen molar-refractivity contribution in [3.05, 3.63) is 28.2 Å². The first-order valence-corrected chi connectivity index (χ1v) is 7.16. The largest absolute Gasteiger partial charge is 0.322 e. The van der Waals surface area contributed by atoms with Crippen LogP contribution >= 0.6 is 23.2 Å². The summed E-state index contributed by atoms with van der Waals surface area (Å²) in [4.78, 5) is 14.3. The molecule has 2 unspecified atom stereocenters. The van der Waals surface area contributed by atoms with Crippen molar-refractivity contribution in [1.82, 2.24) is 10.2 Å². The number of rotatable bonds is 1. The monoisotopic (exact) mass is 299 g/mol. The number of nitrogens with zero attached hydrogens (tertiary/aromatic N) is 1. The number of carbonyl (C=O) groups excluding carboxylic acids is 1. The van der Waals surface area contributed by atoms with Crippen molar-refractivity contribution in [2.75, 3.05) is 18.4 Å². The van der Waals surface area contributed by atoms with E-state index in [0.717, 1.165) is 25.9 Å². The zero-order valence-electron chi connectivity index (χ0n) is 10.3. The van der Waals surface area contributed by atoms with Crippen LogP contribution in [0.1, 0.15) is 12.8 Å². The van der Waals surface area contributed by atoms with E-state index in [1.165, 1.54) is 0 Å². The first kappa shape index (κ1) is 13.0. The first-order valence-electron chi connectivity index (χ1n) is 6.41. The second-order valence-electron chi connectivity index (χ2n) is 4.98. The Morgan fingerprint density at radius 2 is 1.79 bits per heavy atom. The number of carbonyl (C=O) groups is 1. The molecule has 2 amide bonds. The van der Waals surface area contributed by atoms with Gasteiger partial charge in [-0.3, -0.25) is 0 Å². The molecule has 2 atom stereocenters. The van der Waals surface area contributed by atoms with Gasteiger partial charge < -0.3 is 15.5 Å². The Balaban J connectivity index is 1.78. The molecule has 102 valence electrons. The van der Waals surface area contributed by atoms with Crippen molar-refractivity contribution in [1.29, 1.82) is 0 Å². The van der Waals surface area contributed by atoms with Crippen LogP contribution in [-0.4, -0.2) is 36.1 Å². The summed E-state index contributed by atoms with van der Waals surface area (Å²) in [6.45, 7) is 1.72. The summed E-state index contributed by atoms with van der Waals surface area (Å²) in [6, 6.07) is 5.64. The molecule has 19 heavy (non-hydrogen) atoms. The predicted molar refractivity (Wildman–Crippen MR) is 77.0 cm³/mol. The lowest BCUT2D eigenvalue weighted by Crippen LogP contribution is -2.55. The molecule has 0 spiro atoms. The van der Waals surface area contributed by atoms with Crippen LogP contribution in [0.5, 0.6) is 0 Å². The van der Waals surface area contributed by atoms with E-state index in [1.807, 2.05) is 4.90 Å². The Bertz CT molecular complexity index is 472. The number of piperazine rings is 1. The normalized spacial score (nSPS) is 25.5. The van der Waals surface area contributed by atoms with Crippen LogP contribution in [-0.2, 0) is 0 Å². The third-order valence-corrected chi connectivity index (χ3v) is 4.44. The van der Waals surface area contributed by atoms with Crippen molar-refractivity contribution >= 4 is 34.9 Å². The average molecular weight is 300 g/mol. The Morgan fingerprint density at radius 3 is 2.37 bits per heavy atom. The topological polar surface area (TPSA) is 44.4 Å². The van der Waals surface area contributed by atoms with E-state index in [2.05, 4.69) is 10.6 Å². The van der Waals surface area contributed by atoms with Gasteiger partial charge in [0.2, 0.25) is 0 Å². The third kappa shape index (κ3) is 2.40. The molecule has 3 rings (SSSR count). The molecule has 2 bridgehead atoms. The van der Waals surface area contributed by atoms with Gasteiger partial charge in [-0.1, -0.05) is 29.3 Å². The molecule has 0 radical (unpaired) electrons. The molecule has 0 aliphatic carbocycles. The van der Waals surface area contributed by atoms with Gasteiger partial charge in [0, 0.05) is 25.2 Å². The number of anilines is 1. The molecule has 2 heterocycles. The molecule has 0 saturated carbocycles. The molecule has 1 aromatic rings. The number of halogens is 2. The first-order chi connectivity index (χ1) is 9.16. The highest BCUT2D eigenvalue weighted by Gasteiger charge is 2.39. The van der Waals surface area contributed by atoms with Crippen LogP contribution in [0.2, 0.25) is 10.0 Å². The molecule has 6 heteroatoms. The maximum Gasteiger partial charge on any atom is 0.322 e. The molecule has 1 aromatic carbocycles. The van der Waals surface area contributed by atoms with Gasteiger partial charge in [-0.15, -0.1) is 0 Å². The number of amides is 2. The van der Waals surface area contributed by atoms with Gasteiger partial charge in [0.05, 0.1) is 15.7 Å². The number of urea groups is 1. The third-order valence-electron chi connectivity index (χ3n) is 3.81. The molecule has 4 nitrogen and oxygen atoms in total. The molecular weight excluding hydrogens is 285 g/mol. The minimum Gasteiger partial charge on any atom is -0.316 e. The summed E-state index contributed by atoms with van der Waals surface area (Å²) < 4.78 is 0. The van der Waals surface area contributed by atoms with Gasteiger partial charge in [-0.2, -0.15) is 0 Å². The molecular formula is C13H15Cl2N3O. The van der Waals surface area contributed by atoms with Crippen LogP contribution in [0, 0.1) is 0 Å². The molecule has 2 N–H and O–H groups in total. The van der Waals surface area contributed by atoms with Crippen molar-refractivity contribution in [2.24, 2.45) is 0 Å². The minimum absolute atomic E-state index is 0.107. The van der Waals surface area contributed by atoms with E-state index in [-0.39, 0.29) is 18.1 Å². The summed E-state index contributed by atoms with van der Waals surface area (Å²) in [5.41, 5.74) is 0.494. The second kappa shape index (κ2) is 5.19. The quantitative estimate of drug-likeness (QED) is 0.837. The Hall–Kier alpha value is -0.970. The van der Waals surface area contributed by atoms with Crippen LogP contribution < -0.4 is 10.6 Å². The number of para-hydroxylation sites is 1. The Morgan fingerprint density at radius 1 is 1.21 bits per heavy atom. The highest BCUT2D eigenvalue weighted by atomic mass is 35.5. The zero-order chi connectivity index (χ0) is 13.4. The Labute approximate surface area is 122 Å². The summed E-state index contributed by atoms with van der Waals surface area (Å²) in [5, 5.41) is 7.11. The van der Waals surface area contributed by atoms with Crippen LogP contribution in [0.25, 0.3) is 0 Å². The van der Waals surface area contributed by atoms with Crippen molar-refractivity contribution in [3.8, 4) is 0 Å². The van der Waals surface area contributed by atoms with E-state index in [4.69, 9.17) is 23.2 Å². The number of hydrogen-bond donors (Lipinski definition) is 2. The standard InChI is InChI=1S/C13H15Cl2N3O/c14-10-2-1-3-11(15)12(10)17-13(19)18-8-4-5-9(18)7-16-6-8/h1-3,8-9,16H,4-7H2,(H,17,19). The van der Waals surface area contributed by atoms with Gasteiger partial charge in [0.1, 0.15) is 0 Å². The molecule has 0 aromatic heterocycles. The van der Waals surface area contributed by atoms with Gasteiger partial charge in [0.25, 0.3) is 0 Å². The fraction of sp³-hybridized carbons (Fsp3) is 0.462. The minimum atomic E-state index is -0.107. The van der Waals surface area contributed by atoms with E-state index < -0.39 is 0 Å². The molecule has 2 fully saturated rings. The fourth-order valence-corrected chi connectivity index (χ4v) is 3.39. The maximum absolute atomic E-state index is 12.4. The van der Waals surface area contributed by atoms with Gasteiger partial charge in [-0.05, 0) is 25.0 Å². The van der Waals surface area contributed by atoms with Crippen LogP contribution in [0.15, 0.2) is 18.2 Å². The lowest BCUT2D eigenvalue weighted by atomic mass is 10.2. The maximum atomic E-state index is 12.4. The predicted octanol–water partition coefficient (Wildman–Crippen LogP) is 2.96. The summed E-state index contributed by atoms with van der Waals surface area (Å²) in [5.74, 6) is 0. The number of nitrogens with one attached hydrogen (secondary N) is 2. The molecule has 2 aliphatic heterocycles. The van der Waals surface area contributed by atoms with Crippen LogP contribution in [0.3, 0.4) is 0 Å². The number of fused-ring (bicyclic) bond motifs is 2. The highest BCUT2D eigenvalue weighted by molar-refractivity contribution is 6.39. The second-order valence-corrected chi connectivity index (χ2v) is 5.79. The number of hydrogen-bond acceptors (Lipinski definition) is 2. The van der Waals surface area contributed by atoms with Crippen LogP contribution in [0.4, 0.5) is 10.5 Å².